The van der Waals surface area contributed by atoms with E-state index in [1.807, 2.05) is 0 Å². The van der Waals surface area contributed by atoms with Crippen molar-refractivity contribution >= 4 is 16.9 Å². The van der Waals surface area contributed by atoms with Crippen LogP contribution in [0.25, 0.3) is 11.0 Å². The fourth-order valence-corrected chi connectivity index (χ4v) is 1.78. The molecular formula is C13H13NO5. The zero-order valence-corrected chi connectivity index (χ0v) is 10.0. The third-order valence-corrected chi connectivity index (χ3v) is 2.64. The monoisotopic (exact) mass is 263 g/mol. The number of hydrogen-bond acceptors (Lipinski definition) is 5. The van der Waals surface area contributed by atoms with Crippen molar-refractivity contribution in [1.29, 1.82) is 0 Å². The second-order valence-corrected chi connectivity index (χ2v) is 4.09. The SMILES string of the molecule is O=C(O)CCNCc1cc(=O)oc2cc(O)ccc12. The number of benzene rings is 1. The van der Waals surface area contributed by atoms with Gasteiger partial charge in [-0.05, 0) is 17.7 Å². The molecule has 19 heavy (non-hydrogen) atoms. The van der Waals surface area contributed by atoms with E-state index in [4.69, 9.17) is 9.52 Å². The zero-order chi connectivity index (χ0) is 13.8. The maximum Gasteiger partial charge on any atom is 0.336 e. The predicted octanol–water partition coefficient (Wildman–Crippen LogP) is 1.06. The molecule has 0 fully saturated rings. The first-order chi connectivity index (χ1) is 9.06. The average Bonchev–Trinajstić information content (AvgIpc) is 2.33. The third-order valence-electron chi connectivity index (χ3n) is 2.64. The fourth-order valence-electron chi connectivity index (χ4n) is 1.78. The number of carboxylic acids is 1. The molecule has 1 heterocycles. The summed E-state index contributed by atoms with van der Waals surface area (Å²) in [4.78, 5) is 21.8. The Bertz CT molecular complexity index is 662. The van der Waals surface area contributed by atoms with Crippen molar-refractivity contribution in [2.75, 3.05) is 6.54 Å². The maximum absolute atomic E-state index is 11.4. The van der Waals surface area contributed by atoms with Gasteiger partial charge in [-0.25, -0.2) is 4.79 Å². The molecule has 3 N–H and O–H groups in total. The van der Waals surface area contributed by atoms with Gasteiger partial charge in [-0.15, -0.1) is 0 Å². The molecule has 2 aromatic rings. The van der Waals surface area contributed by atoms with E-state index >= 15 is 0 Å². The molecule has 0 unspecified atom stereocenters. The molecule has 0 saturated heterocycles. The van der Waals surface area contributed by atoms with E-state index in [2.05, 4.69) is 5.32 Å². The molecule has 100 valence electrons. The number of phenols is 1. The molecule has 0 saturated carbocycles. The van der Waals surface area contributed by atoms with E-state index in [1.54, 1.807) is 6.07 Å². The molecule has 1 aromatic heterocycles. The van der Waals surface area contributed by atoms with Crippen molar-refractivity contribution < 1.29 is 19.4 Å². The summed E-state index contributed by atoms with van der Waals surface area (Å²) in [5.74, 6) is -0.860. The number of rotatable bonds is 5. The lowest BCUT2D eigenvalue weighted by molar-refractivity contribution is -0.136. The summed E-state index contributed by atoms with van der Waals surface area (Å²) in [5.41, 5.74) is 0.507. The number of aliphatic carboxylic acids is 1. The van der Waals surface area contributed by atoms with E-state index in [0.717, 1.165) is 0 Å². The molecule has 0 atom stereocenters. The van der Waals surface area contributed by atoms with Crippen LogP contribution in [0.3, 0.4) is 0 Å². The highest BCUT2D eigenvalue weighted by molar-refractivity contribution is 5.81. The molecule has 6 heteroatoms. The Morgan fingerprint density at radius 2 is 2.11 bits per heavy atom. The highest BCUT2D eigenvalue weighted by Gasteiger charge is 2.06. The van der Waals surface area contributed by atoms with Gasteiger partial charge in [-0.1, -0.05) is 0 Å². The Labute approximate surface area is 108 Å². The summed E-state index contributed by atoms with van der Waals surface area (Å²) >= 11 is 0. The van der Waals surface area contributed by atoms with Gasteiger partial charge in [0.15, 0.2) is 0 Å². The van der Waals surface area contributed by atoms with Crippen molar-refractivity contribution in [3.8, 4) is 5.75 Å². The normalized spacial score (nSPS) is 10.7. The average molecular weight is 263 g/mol. The van der Waals surface area contributed by atoms with E-state index in [-0.39, 0.29) is 12.2 Å². The Morgan fingerprint density at radius 1 is 1.32 bits per heavy atom. The van der Waals surface area contributed by atoms with Crippen LogP contribution in [0.5, 0.6) is 5.75 Å². The molecule has 0 aliphatic heterocycles. The molecule has 0 aliphatic rings. The molecule has 2 rings (SSSR count). The second-order valence-electron chi connectivity index (χ2n) is 4.09. The van der Waals surface area contributed by atoms with Crippen LogP contribution in [-0.2, 0) is 11.3 Å². The fraction of sp³-hybridized carbons (Fsp3) is 0.231. The van der Waals surface area contributed by atoms with E-state index in [9.17, 15) is 14.7 Å². The predicted molar refractivity (Wildman–Crippen MR) is 68.1 cm³/mol. The van der Waals surface area contributed by atoms with Gasteiger partial charge in [-0.2, -0.15) is 0 Å². The van der Waals surface area contributed by atoms with Crippen LogP contribution >= 0.6 is 0 Å². The van der Waals surface area contributed by atoms with Crippen molar-refractivity contribution in [1.82, 2.24) is 5.32 Å². The molecule has 0 spiro atoms. The Morgan fingerprint density at radius 3 is 2.84 bits per heavy atom. The molecular weight excluding hydrogens is 250 g/mol. The Balaban J connectivity index is 2.22. The first-order valence-electron chi connectivity index (χ1n) is 5.74. The van der Waals surface area contributed by atoms with Gasteiger partial charge in [0, 0.05) is 30.6 Å². The third kappa shape index (κ3) is 3.32. The van der Waals surface area contributed by atoms with Gasteiger partial charge >= 0.3 is 11.6 Å². The van der Waals surface area contributed by atoms with E-state index < -0.39 is 11.6 Å². The summed E-state index contributed by atoms with van der Waals surface area (Å²) < 4.78 is 4.99. The first-order valence-corrected chi connectivity index (χ1v) is 5.74. The summed E-state index contributed by atoms with van der Waals surface area (Å²) in [5, 5.41) is 21.5. The number of carbonyl (C=O) groups is 1. The van der Waals surface area contributed by atoms with Gasteiger partial charge in [0.1, 0.15) is 11.3 Å². The Hall–Kier alpha value is -2.34. The summed E-state index contributed by atoms with van der Waals surface area (Å²) in [6, 6.07) is 5.88. The van der Waals surface area contributed by atoms with Crippen molar-refractivity contribution in [3.63, 3.8) is 0 Å². The van der Waals surface area contributed by atoms with Crippen LogP contribution in [0, 0.1) is 0 Å². The lowest BCUT2D eigenvalue weighted by atomic mass is 10.1. The first kappa shape index (κ1) is 13.1. The van der Waals surface area contributed by atoms with E-state index in [1.165, 1.54) is 18.2 Å². The minimum Gasteiger partial charge on any atom is -0.508 e. The highest BCUT2D eigenvalue weighted by Crippen LogP contribution is 2.21. The number of nitrogens with one attached hydrogen (secondary N) is 1. The quantitative estimate of drug-likeness (QED) is 0.551. The van der Waals surface area contributed by atoms with Gasteiger partial charge in [0.05, 0.1) is 6.42 Å². The van der Waals surface area contributed by atoms with Crippen LogP contribution in [0.15, 0.2) is 33.5 Å². The standard InChI is InChI=1S/C13H13NO5/c15-9-1-2-10-8(7-14-4-3-12(16)17)5-13(18)19-11(10)6-9/h1-2,5-6,14-15H,3-4,7H2,(H,16,17). The lowest BCUT2D eigenvalue weighted by Gasteiger charge is -2.06. The van der Waals surface area contributed by atoms with Gasteiger partial charge in [0.25, 0.3) is 0 Å². The van der Waals surface area contributed by atoms with E-state index in [0.29, 0.717) is 29.6 Å². The molecule has 0 aliphatic carbocycles. The molecule has 0 radical (unpaired) electrons. The lowest BCUT2D eigenvalue weighted by Crippen LogP contribution is -2.18. The highest BCUT2D eigenvalue weighted by atomic mass is 16.4. The van der Waals surface area contributed by atoms with Crippen LogP contribution in [0.4, 0.5) is 0 Å². The minimum absolute atomic E-state index is 0.0140. The number of fused-ring (bicyclic) bond motifs is 1. The van der Waals surface area contributed by atoms with Crippen molar-refractivity contribution in [2.24, 2.45) is 0 Å². The largest absolute Gasteiger partial charge is 0.508 e. The molecule has 0 bridgehead atoms. The smallest absolute Gasteiger partial charge is 0.336 e. The number of hydrogen-bond donors (Lipinski definition) is 3. The number of phenolic OH excluding ortho intramolecular Hbond substituents is 1. The number of aromatic hydroxyl groups is 1. The molecule has 0 amide bonds. The van der Waals surface area contributed by atoms with Crippen molar-refractivity contribution in [3.05, 3.63) is 40.2 Å². The second kappa shape index (κ2) is 5.53. The van der Waals surface area contributed by atoms with Crippen LogP contribution in [0.1, 0.15) is 12.0 Å². The summed E-state index contributed by atoms with van der Waals surface area (Å²) in [6.07, 6.45) is 0.0140. The van der Waals surface area contributed by atoms with Crippen molar-refractivity contribution in [2.45, 2.75) is 13.0 Å². The van der Waals surface area contributed by atoms with Crippen LogP contribution in [-0.4, -0.2) is 22.7 Å². The molecule has 6 nitrogen and oxygen atoms in total. The van der Waals surface area contributed by atoms with Crippen LogP contribution < -0.4 is 10.9 Å². The maximum atomic E-state index is 11.4. The summed E-state index contributed by atoms with van der Waals surface area (Å²) in [7, 11) is 0. The number of carboxylic acid groups (broad SMARTS) is 1. The minimum atomic E-state index is -0.880. The Kier molecular flexibility index (Phi) is 3.82. The van der Waals surface area contributed by atoms with Gasteiger partial charge in [0.2, 0.25) is 0 Å². The molecule has 1 aromatic carbocycles. The van der Waals surface area contributed by atoms with Gasteiger partial charge in [-0.3, -0.25) is 4.79 Å². The summed E-state index contributed by atoms with van der Waals surface area (Å²) in [6.45, 7) is 0.676. The van der Waals surface area contributed by atoms with Gasteiger partial charge < -0.3 is 19.9 Å². The topological polar surface area (TPSA) is 99.8 Å². The van der Waals surface area contributed by atoms with Crippen LogP contribution in [0.2, 0.25) is 0 Å². The zero-order valence-electron chi connectivity index (χ0n) is 10.0.